The van der Waals surface area contributed by atoms with Crippen molar-refractivity contribution in [1.82, 2.24) is 10.6 Å². The van der Waals surface area contributed by atoms with Crippen LogP contribution in [0.25, 0.3) is 0 Å². The van der Waals surface area contributed by atoms with E-state index in [0.29, 0.717) is 0 Å². The molecule has 124 valence electrons. The summed E-state index contributed by atoms with van der Waals surface area (Å²) in [6.07, 6.45) is 0. The maximum atomic E-state index is 12.1. The van der Waals surface area contributed by atoms with Gasteiger partial charge in [-0.25, -0.2) is 9.59 Å². The summed E-state index contributed by atoms with van der Waals surface area (Å²) in [7, 11) is 0. The zero-order valence-electron chi connectivity index (χ0n) is 13.0. The Labute approximate surface area is 138 Å². The lowest BCUT2D eigenvalue weighted by Crippen LogP contribution is -2.39. The molecule has 0 saturated carbocycles. The fourth-order valence-corrected chi connectivity index (χ4v) is 2.08. The Balaban J connectivity index is 2.02. The molecule has 0 fully saturated rings. The van der Waals surface area contributed by atoms with Gasteiger partial charge in [0.05, 0.1) is 11.1 Å². The third-order valence-corrected chi connectivity index (χ3v) is 3.47. The number of aryl methyl sites for hydroxylation is 1. The van der Waals surface area contributed by atoms with Crippen LogP contribution in [-0.4, -0.2) is 23.0 Å². The van der Waals surface area contributed by atoms with Gasteiger partial charge in [0.15, 0.2) is 0 Å². The largest absolute Gasteiger partial charge is 0.478 e. The molecular weight excluding hydrogens is 310 g/mol. The van der Waals surface area contributed by atoms with E-state index in [2.05, 4.69) is 10.6 Å². The molecular formula is C17H17N3O4. The predicted octanol–water partition coefficient (Wildman–Crippen LogP) is 1.92. The summed E-state index contributed by atoms with van der Waals surface area (Å²) in [5, 5.41) is 13.6. The van der Waals surface area contributed by atoms with Crippen molar-refractivity contribution in [1.29, 1.82) is 0 Å². The molecule has 5 N–H and O–H groups in total. The number of benzene rings is 2. The van der Waals surface area contributed by atoms with Crippen molar-refractivity contribution in [3.63, 3.8) is 0 Å². The van der Waals surface area contributed by atoms with E-state index in [0.717, 1.165) is 17.2 Å². The number of urea groups is 1. The number of rotatable bonds is 4. The smallest absolute Gasteiger partial charge is 0.335 e. The van der Waals surface area contributed by atoms with E-state index in [1.807, 2.05) is 31.2 Å². The molecule has 0 saturated heterocycles. The number of carboxylic acid groups (broad SMARTS) is 1. The van der Waals surface area contributed by atoms with Gasteiger partial charge in [0, 0.05) is 12.2 Å². The van der Waals surface area contributed by atoms with Gasteiger partial charge in [0.2, 0.25) is 0 Å². The number of imide groups is 1. The summed E-state index contributed by atoms with van der Waals surface area (Å²) < 4.78 is 0. The molecule has 0 aliphatic heterocycles. The van der Waals surface area contributed by atoms with Gasteiger partial charge in [-0.05, 0) is 36.2 Å². The Morgan fingerprint density at radius 2 is 1.83 bits per heavy atom. The Kier molecular flexibility index (Phi) is 5.16. The van der Waals surface area contributed by atoms with E-state index in [4.69, 9.17) is 10.8 Å². The van der Waals surface area contributed by atoms with Crippen LogP contribution in [0.3, 0.4) is 0 Å². The highest BCUT2D eigenvalue weighted by atomic mass is 16.4. The van der Waals surface area contributed by atoms with Gasteiger partial charge in [0.1, 0.15) is 0 Å². The van der Waals surface area contributed by atoms with Gasteiger partial charge in [-0.15, -0.1) is 0 Å². The number of nitrogen functional groups attached to an aromatic ring is 1. The first-order valence-electron chi connectivity index (χ1n) is 7.15. The van der Waals surface area contributed by atoms with Crippen molar-refractivity contribution in [2.45, 2.75) is 13.5 Å². The summed E-state index contributed by atoms with van der Waals surface area (Å²) >= 11 is 0. The van der Waals surface area contributed by atoms with Crippen LogP contribution in [0.15, 0.2) is 42.5 Å². The molecule has 3 amide bonds. The first-order valence-corrected chi connectivity index (χ1v) is 7.15. The van der Waals surface area contributed by atoms with Gasteiger partial charge in [-0.1, -0.05) is 24.3 Å². The molecule has 0 aromatic heterocycles. The van der Waals surface area contributed by atoms with Gasteiger partial charge < -0.3 is 16.2 Å². The second kappa shape index (κ2) is 7.28. The zero-order chi connectivity index (χ0) is 17.7. The van der Waals surface area contributed by atoms with E-state index >= 15 is 0 Å². The number of carbonyl (C=O) groups is 3. The third-order valence-electron chi connectivity index (χ3n) is 3.47. The molecule has 24 heavy (non-hydrogen) atoms. The summed E-state index contributed by atoms with van der Waals surface area (Å²) in [6.45, 7) is 2.18. The molecule has 7 heteroatoms. The molecule has 2 aromatic carbocycles. The second-order valence-electron chi connectivity index (χ2n) is 5.17. The Morgan fingerprint density at radius 1 is 1.12 bits per heavy atom. The SMILES string of the molecule is Cc1ccccc1CNC(=O)NC(=O)c1cc(C(=O)O)ccc1N. The fourth-order valence-electron chi connectivity index (χ4n) is 2.08. The molecule has 2 aromatic rings. The maximum absolute atomic E-state index is 12.1. The molecule has 0 radical (unpaired) electrons. The van der Waals surface area contributed by atoms with Crippen molar-refractivity contribution in [3.05, 3.63) is 64.7 Å². The van der Waals surface area contributed by atoms with Crippen LogP contribution in [-0.2, 0) is 6.54 Å². The number of amides is 3. The van der Waals surface area contributed by atoms with Crippen LogP contribution >= 0.6 is 0 Å². The molecule has 0 unspecified atom stereocenters. The number of nitrogens with two attached hydrogens (primary N) is 1. The number of hydrogen-bond acceptors (Lipinski definition) is 4. The monoisotopic (exact) mass is 327 g/mol. The van der Waals surface area contributed by atoms with Crippen molar-refractivity contribution in [2.24, 2.45) is 0 Å². The minimum absolute atomic E-state index is 0.0686. The van der Waals surface area contributed by atoms with Gasteiger partial charge in [-0.2, -0.15) is 0 Å². The number of hydrogen-bond donors (Lipinski definition) is 4. The van der Waals surface area contributed by atoms with E-state index in [-0.39, 0.29) is 23.4 Å². The lowest BCUT2D eigenvalue weighted by molar-refractivity contribution is 0.0697. The lowest BCUT2D eigenvalue weighted by atomic mass is 10.1. The minimum atomic E-state index is -1.19. The molecule has 0 spiro atoms. The third kappa shape index (κ3) is 4.10. The van der Waals surface area contributed by atoms with Gasteiger partial charge in [0.25, 0.3) is 5.91 Å². The number of aromatic carboxylic acids is 1. The molecule has 0 aliphatic carbocycles. The maximum Gasteiger partial charge on any atom is 0.335 e. The van der Waals surface area contributed by atoms with Crippen LogP contribution in [0, 0.1) is 6.92 Å². The predicted molar refractivity (Wildman–Crippen MR) is 88.7 cm³/mol. The number of carbonyl (C=O) groups excluding carboxylic acids is 2. The molecule has 7 nitrogen and oxygen atoms in total. The van der Waals surface area contributed by atoms with E-state index in [9.17, 15) is 14.4 Å². The molecule has 2 rings (SSSR count). The Hall–Kier alpha value is -3.35. The first kappa shape index (κ1) is 17.0. The highest BCUT2D eigenvalue weighted by Gasteiger charge is 2.15. The normalized spacial score (nSPS) is 10.0. The molecule has 0 bridgehead atoms. The van der Waals surface area contributed by atoms with Crippen molar-refractivity contribution < 1.29 is 19.5 Å². The van der Waals surface area contributed by atoms with Crippen LogP contribution in [0.2, 0.25) is 0 Å². The highest BCUT2D eigenvalue weighted by Crippen LogP contribution is 2.14. The molecule has 0 heterocycles. The van der Waals surface area contributed by atoms with Crippen molar-refractivity contribution in [3.8, 4) is 0 Å². The average molecular weight is 327 g/mol. The van der Waals surface area contributed by atoms with Crippen LogP contribution in [0.1, 0.15) is 31.8 Å². The van der Waals surface area contributed by atoms with E-state index in [1.54, 1.807) is 0 Å². The quantitative estimate of drug-likeness (QED) is 0.639. The van der Waals surface area contributed by atoms with E-state index in [1.165, 1.54) is 12.1 Å². The summed E-state index contributed by atoms with van der Waals surface area (Å²) in [6, 6.07) is 10.6. The number of carboxylic acids is 1. The first-order chi connectivity index (χ1) is 11.4. The lowest BCUT2D eigenvalue weighted by Gasteiger charge is -2.10. The Morgan fingerprint density at radius 3 is 2.50 bits per heavy atom. The standard InChI is InChI=1S/C17H17N3O4/c1-10-4-2-3-5-12(10)9-19-17(24)20-15(21)13-8-11(16(22)23)6-7-14(13)18/h2-8H,9,18H2,1H3,(H,22,23)(H2,19,20,21,24). The average Bonchev–Trinajstić information content (AvgIpc) is 2.54. The summed E-state index contributed by atoms with van der Waals surface area (Å²) in [5.41, 5.74) is 7.54. The van der Waals surface area contributed by atoms with Crippen LogP contribution < -0.4 is 16.4 Å². The van der Waals surface area contributed by atoms with Gasteiger partial charge in [-0.3, -0.25) is 10.1 Å². The topological polar surface area (TPSA) is 122 Å². The van der Waals surface area contributed by atoms with Crippen LogP contribution in [0.5, 0.6) is 0 Å². The van der Waals surface area contributed by atoms with E-state index < -0.39 is 17.9 Å². The molecule has 0 aliphatic rings. The molecule has 0 atom stereocenters. The number of anilines is 1. The van der Waals surface area contributed by atoms with Crippen LogP contribution in [0.4, 0.5) is 10.5 Å². The van der Waals surface area contributed by atoms with Crippen molar-refractivity contribution in [2.75, 3.05) is 5.73 Å². The highest BCUT2D eigenvalue weighted by molar-refractivity contribution is 6.08. The summed E-state index contributed by atoms with van der Waals surface area (Å²) in [4.78, 5) is 34.9. The Bertz CT molecular complexity index is 802. The van der Waals surface area contributed by atoms with Crippen molar-refractivity contribution >= 4 is 23.6 Å². The van der Waals surface area contributed by atoms with Gasteiger partial charge >= 0.3 is 12.0 Å². The second-order valence-corrected chi connectivity index (χ2v) is 5.17. The number of nitrogens with one attached hydrogen (secondary N) is 2. The fraction of sp³-hybridized carbons (Fsp3) is 0.118. The summed E-state index contributed by atoms with van der Waals surface area (Å²) in [5.74, 6) is -1.95. The minimum Gasteiger partial charge on any atom is -0.478 e. The zero-order valence-corrected chi connectivity index (χ0v) is 13.0.